The van der Waals surface area contributed by atoms with E-state index in [-0.39, 0.29) is 60.1 Å². The molecule has 0 aromatic heterocycles. The third-order valence-electron chi connectivity index (χ3n) is 7.61. The summed E-state index contributed by atoms with van der Waals surface area (Å²) >= 11 is 0. The highest BCUT2D eigenvalue weighted by Gasteiger charge is 2.59. The van der Waals surface area contributed by atoms with Crippen LogP contribution in [-0.4, -0.2) is 37.3 Å². The number of carbonyl (C=O) groups excluding carboxylic acids is 4. The number of ether oxygens (including phenoxy) is 2. The second kappa shape index (κ2) is 8.08. The van der Waals surface area contributed by atoms with Crippen LogP contribution in [0.25, 0.3) is 0 Å². The summed E-state index contributed by atoms with van der Waals surface area (Å²) in [5, 5.41) is 0. The first-order chi connectivity index (χ1) is 16.9. The Morgan fingerprint density at radius 1 is 0.886 bits per heavy atom. The molecule has 8 nitrogen and oxygen atoms in total. The van der Waals surface area contributed by atoms with Crippen molar-refractivity contribution in [1.82, 2.24) is 0 Å². The lowest BCUT2D eigenvalue weighted by atomic mass is 9.85. The Balaban J connectivity index is 1.15. The number of allylic oxidation sites excluding steroid dienone is 2. The lowest BCUT2D eigenvalue weighted by Crippen LogP contribution is -2.32. The Hall–Kier alpha value is -3.94. The van der Waals surface area contributed by atoms with Crippen molar-refractivity contribution in [2.45, 2.75) is 12.8 Å². The lowest BCUT2D eigenvalue weighted by Gasteiger charge is -2.18. The molecule has 2 bridgehead atoms. The predicted molar refractivity (Wildman–Crippen MR) is 126 cm³/mol. The van der Waals surface area contributed by atoms with Gasteiger partial charge in [-0.3, -0.25) is 19.2 Å². The number of rotatable bonds is 5. The molecule has 35 heavy (non-hydrogen) atoms. The fraction of sp³-hybridized carbons (Fsp3) is 0.333. The minimum absolute atomic E-state index is 0.0484. The van der Waals surface area contributed by atoms with Crippen LogP contribution >= 0.6 is 0 Å². The number of hydrogen-bond acceptors (Lipinski definition) is 6. The number of fused-ring (bicyclic) bond motifs is 5. The lowest BCUT2D eigenvalue weighted by molar-refractivity contribution is -0.139. The quantitative estimate of drug-likeness (QED) is 0.288. The first kappa shape index (κ1) is 21.6. The summed E-state index contributed by atoms with van der Waals surface area (Å²) < 4.78 is 10.7. The summed E-state index contributed by atoms with van der Waals surface area (Å²) in [5.41, 5.74) is 1.09. The summed E-state index contributed by atoms with van der Waals surface area (Å²) in [7, 11) is 1.57. The molecule has 8 heteroatoms. The van der Waals surface area contributed by atoms with E-state index in [0.29, 0.717) is 17.1 Å². The van der Waals surface area contributed by atoms with Gasteiger partial charge in [-0.2, -0.15) is 0 Å². The average Bonchev–Trinajstić information content (AvgIpc) is 3.63. The average molecular weight is 472 g/mol. The molecule has 2 heterocycles. The third kappa shape index (κ3) is 3.43. The van der Waals surface area contributed by atoms with Crippen molar-refractivity contribution in [3.8, 4) is 11.5 Å². The SMILES string of the molecule is COc1ccc(N2C[C@@H](C(=O)Oc3cccc(N4C(=O)[C@@H]5[C@@H](C4=O)[C@H]4C=C[C@@H]5C4)c3)CC2=O)cc1. The molecule has 6 rings (SSSR count). The van der Waals surface area contributed by atoms with Crippen molar-refractivity contribution in [1.29, 1.82) is 0 Å². The van der Waals surface area contributed by atoms with Gasteiger partial charge in [-0.1, -0.05) is 18.2 Å². The summed E-state index contributed by atoms with van der Waals surface area (Å²) in [4.78, 5) is 54.4. The highest BCUT2D eigenvalue weighted by atomic mass is 16.5. The molecule has 0 spiro atoms. The van der Waals surface area contributed by atoms with Gasteiger partial charge in [0.25, 0.3) is 0 Å². The van der Waals surface area contributed by atoms with Crippen molar-refractivity contribution in [2.75, 3.05) is 23.5 Å². The zero-order valence-corrected chi connectivity index (χ0v) is 19.1. The molecule has 4 aliphatic rings. The van der Waals surface area contributed by atoms with Crippen molar-refractivity contribution in [3.63, 3.8) is 0 Å². The van der Waals surface area contributed by atoms with E-state index >= 15 is 0 Å². The van der Waals surface area contributed by atoms with Crippen molar-refractivity contribution in [2.24, 2.45) is 29.6 Å². The molecule has 5 atom stereocenters. The Morgan fingerprint density at radius 3 is 2.23 bits per heavy atom. The molecular formula is C27H24N2O6. The van der Waals surface area contributed by atoms with Gasteiger partial charge >= 0.3 is 5.97 Å². The van der Waals surface area contributed by atoms with Crippen LogP contribution in [0, 0.1) is 29.6 Å². The monoisotopic (exact) mass is 472 g/mol. The number of amides is 3. The summed E-state index contributed by atoms with van der Waals surface area (Å²) in [5.74, 6) is -1.09. The van der Waals surface area contributed by atoms with E-state index in [1.54, 1.807) is 60.5 Å². The number of imide groups is 1. The molecule has 1 saturated carbocycles. The molecule has 0 radical (unpaired) electrons. The molecule has 2 aliphatic heterocycles. The molecule has 2 saturated heterocycles. The van der Waals surface area contributed by atoms with E-state index in [4.69, 9.17) is 9.47 Å². The molecule has 3 amide bonds. The first-order valence-electron chi connectivity index (χ1n) is 11.8. The first-order valence-corrected chi connectivity index (χ1v) is 11.8. The number of benzene rings is 2. The Bertz CT molecular complexity index is 1240. The van der Waals surface area contributed by atoms with E-state index < -0.39 is 11.9 Å². The van der Waals surface area contributed by atoms with Crippen molar-refractivity contribution >= 4 is 35.1 Å². The van der Waals surface area contributed by atoms with Crippen LogP contribution in [0.15, 0.2) is 60.7 Å². The maximum absolute atomic E-state index is 13.1. The minimum Gasteiger partial charge on any atom is -0.497 e. The summed E-state index contributed by atoms with van der Waals surface area (Å²) in [6, 6.07) is 13.5. The molecule has 2 aliphatic carbocycles. The molecular weight excluding hydrogens is 448 g/mol. The van der Waals surface area contributed by atoms with Crippen molar-refractivity contribution < 1.29 is 28.7 Å². The zero-order valence-electron chi connectivity index (χ0n) is 19.1. The third-order valence-corrected chi connectivity index (χ3v) is 7.61. The van der Waals surface area contributed by atoms with Gasteiger partial charge in [0, 0.05) is 24.7 Å². The Kier molecular flexibility index (Phi) is 4.98. The summed E-state index contributed by atoms with van der Waals surface area (Å²) in [6.45, 7) is 0.214. The fourth-order valence-corrected chi connectivity index (χ4v) is 5.92. The smallest absolute Gasteiger partial charge is 0.316 e. The number of esters is 1. The van der Waals surface area contributed by atoms with E-state index in [9.17, 15) is 19.2 Å². The van der Waals surface area contributed by atoms with Crippen LogP contribution in [-0.2, 0) is 19.2 Å². The van der Waals surface area contributed by atoms with Crippen LogP contribution in [0.2, 0.25) is 0 Å². The van der Waals surface area contributed by atoms with Crippen LogP contribution in [0.1, 0.15) is 12.8 Å². The number of anilines is 2. The predicted octanol–water partition coefficient (Wildman–Crippen LogP) is 2.97. The molecule has 2 aromatic rings. The van der Waals surface area contributed by atoms with Crippen LogP contribution in [0.4, 0.5) is 11.4 Å². The number of carbonyl (C=O) groups is 4. The summed E-state index contributed by atoms with van der Waals surface area (Å²) in [6.07, 6.45) is 5.02. The van der Waals surface area contributed by atoms with E-state index in [0.717, 1.165) is 6.42 Å². The second-order valence-electron chi connectivity index (χ2n) is 9.53. The number of hydrogen-bond donors (Lipinski definition) is 0. The maximum Gasteiger partial charge on any atom is 0.316 e. The Labute approximate surface area is 202 Å². The second-order valence-corrected chi connectivity index (χ2v) is 9.53. The van der Waals surface area contributed by atoms with E-state index in [1.807, 2.05) is 0 Å². The molecule has 178 valence electrons. The largest absolute Gasteiger partial charge is 0.497 e. The zero-order chi connectivity index (χ0) is 24.3. The fourth-order valence-electron chi connectivity index (χ4n) is 5.92. The highest BCUT2D eigenvalue weighted by Crippen LogP contribution is 2.53. The van der Waals surface area contributed by atoms with Gasteiger partial charge in [0.05, 0.1) is 30.6 Å². The number of methoxy groups -OCH3 is 1. The van der Waals surface area contributed by atoms with Gasteiger partial charge < -0.3 is 14.4 Å². The van der Waals surface area contributed by atoms with Gasteiger partial charge in [-0.15, -0.1) is 0 Å². The molecule has 3 fully saturated rings. The van der Waals surface area contributed by atoms with Gasteiger partial charge in [-0.25, -0.2) is 4.90 Å². The van der Waals surface area contributed by atoms with Gasteiger partial charge in [0.1, 0.15) is 11.5 Å². The van der Waals surface area contributed by atoms with Crippen LogP contribution in [0.5, 0.6) is 11.5 Å². The molecule has 2 aromatic carbocycles. The van der Waals surface area contributed by atoms with Crippen LogP contribution in [0.3, 0.4) is 0 Å². The van der Waals surface area contributed by atoms with E-state index in [1.165, 1.54) is 4.90 Å². The maximum atomic E-state index is 13.1. The number of nitrogens with zero attached hydrogens (tertiary/aromatic N) is 2. The highest BCUT2D eigenvalue weighted by molar-refractivity contribution is 6.22. The Morgan fingerprint density at radius 2 is 1.57 bits per heavy atom. The topological polar surface area (TPSA) is 93.2 Å². The van der Waals surface area contributed by atoms with E-state index in [2.05, 4.69) is 12.2 Å². The molecule has 0 unspecified atom stereocenters. The standard InChI is InChI=1S/C27H24N2O6/c1-34-20-9-7-18(8-10-20)28-14-17(12-22(28)30)27(33)35-21-4-2-3-19(13-21)29-25(31)23-15-5-6-16(11-15)24(23)26(29)32/h2-10,13,15-17,23-24H,11-12,14H2,1H3/t15-,16+,17-,23-,24-/m0/s1. The van der Waals surface area contributed by atoms with Crippen LogP contribution < -0.4 is 19.3 Å². The van der Waals surface area contributed by atoms with Gasteiger partial charge in [0.15, 0.2) is 0 Å². The van der Waals surface area contributed by atoms with Gasteiger partial charge in [0.2, 0.25) is 17.7 Å². The van der Waals surface area contributed by atoms with Crippen molar-refractivity contribution in [3.05, 3.63) is 60.7 Å². The minimum atomic E-state index is -0.621. The normalized spacial score (nSPS) is 28.7. The molecule has 0 N–H and O–H groups in total. The van der Waals surface area contributed by atoms with Gasteiger partial charge in [-0.05, 0) is 54.7 Å².